The van der Waals surface area contributed by atoms with Gasteiger partial charge in [0.2, 0.25) is 0 Å². The Bertz CT molecular complexity index is 926. The van der Waals surface area contributed by atoms with Crippen LogP contribution < -0.4 is 0 Å². The molecule has 0 atom stereocenters. The first-order valence-corrected chi connectivity index (χ1v) is 7.42. The molecule has 0 unspecified atom stereocenters. The van der Waals surface area contributed by atoms with Crippen LogP contribution in [0.3, 0.4) is 0 Å². The summed E-state index contributed by atoms with van der Waals surface area (Å²) in [4.78, 5) is 4.78. The van der Waals surface area contributed by atoms with Crippen LogP contribution in [0.15, 0.2) is 91.0 Å². The van der Waals surface area contributed by atoms with E-state index < -0.39 is 0 Å². The predicted octanol–water partition coefficient (Wildman–Crippen LogP) is 5.57. The minimum absolute atomic E-state index is 1.01. The molecule has 0 aliphatic rings. The third-order valence-electron chi connectivity index (χ3n) is 3.86. The molecule has 1 aromatic heterocycles. The zero-order chi connectivity index (χ0) is 14.8. The number of fused-ring (bicyclic) bond motifs is 1. The number of aromatic nitrogens is 1. The summed E-state index contributed by atoms with van der Waals surface area (Å²) in [6, 6.07) is 31.4. The number of rotatable bonds is 2. The van der Waals surface area contributed by atoms with E-state index in [0.29, 0.717) is 0 Å². The quantitative estimate of drug-likeness (QED) is 0.468. The lowest BCUT2D eigenvalue weighted by molar-refractivity contribution is 1.40. The Morgan fingerprint density at radius 2 is 1.23 bits per heavy atom. The van der Waals surface area contributed by atoms with E-state index in [1.54, 1.807) is 0 Å². The van der Waals surface area contributed by atoms with E-state index in [1.165, 1.54) is 16.5 Å². The van der Waals surface area contributed by atoms with Crippen LogP contribution in [0, 0.1) is 0 Å². The SMILES string of the molecule is c1ccc(-c2cccc(-c3ccc4ccccc4n3)c2)cc1. The van der Waals surface area contributed by atoms with Crippen molar-refractivity contribution in [2.24, 2.45) is 0 Å². The molecule has 1 heteroatoms. The fourth-order valence-electron chi connectivity index (χ4n) is 2.72. The number of hydrogen-bond donors (Lipinski definition) is 0. The highest BCUT2D eigenvalue weighted by atomic mass is 14.7. The van der Waals surface area contributed by atoms with Crippen LogP contribution in [-0.4, -0.2) is 4.98 Å². The van der Waals surface area contributed by atoms with Crippen molar-refractivity contribution in [1.82, 2.24) is 4.98 Å². The maximum atomic E-state index is 4.78. The van der Waals surface area contributed by atoms with Crippen molar-refractivity contribution < 1.29 is 0 Å². The summed E-state index contributed by atoms with van der Waals surface area (Å²) in [5, 5.41) is 1.17. The molecule has 0 aliphatic carbocycles. The fourth-order valence-corrected chi connectivity index (χ4v) is 2.72. The molecule has 0 radical (unpaired) electrons. The summed E-state index contributed by atoms with van der Waals surface area (Å²) in [6.45, 7) is 0. The Hall–Kier alpha value is -2.93. The average Bonchev–Trinajstić information content (AvgIpc) is 2.62. The number of pyridine rings is 1. The second-order valence-electron chi connectivity index (χ2n) is 5.34. The van der Waals surface area contributed by atoms with Crippen molar-refractivity contribution in [1.29, 1.82) is 0 Å². The predicted molar refractivity (Wildman–Crippen MR) is 92.6 cm³/mol. The van der Waals surface area contributed by atoms with Crippen molar-refractivity contribution in [2.75, 3.05) is 0 Å². The summed E-state index contributed by atoms with van der Waals surface area (Å²) in [5.74, 6) is 0. The molecule has 0 N–H and O–H groups in total. The van der Waals surface area contributed by atoms with E-state index in [1.807, 2.05) is 18.2 Å². The van der Waals surface area contributed by atoms with Gasteiger partial charge in [-0.25, -0.2) is 4.98 Å². The van der Waals surface area contributed by atoms with Crippen LogP contribution in [0.5, 0.6) is 0 Å². The lowest BCUT2D eigenvalue weighted by Gasteiger charge is -2.06. The van der Waals surface area contributed by atoms with Gasteiger partial charge in [-0.3, -0.25) is 0 Å². The molecule has 4 rings (SSSR count). The van der Waals surface area contributed by atoms with E-state index in [9.17, 15) is 0 Å². The monoisotopic (exact) mass is 281 g/mol. The van der Waals surface area contributed by atoms with Crippen LogP contribution >= 0.6 is 0 Å². The first kappa shape index (κ1) is 12.8. The molecule has 0 saturated carbocycles. The zero-order valence-electron chi connectivity index (χ0n) is 12.1. The van der Waals surface area contributed by atoms with E-state index in [0.717, 1.165) is 16.8 Å². The topological polar surface area (TPSA) is 12.9 Å². The van der Waals surface area contributed by atoms with Crippen molar-refractivity contribution >= 4 is 10.9 Å². The molecular formula is C21H15N. The van der Waals surface area contributed by atoms with Gasteiger partial charge in [0.25, 0.3) is 0 Å². The molecule has 3 aromatic carbocycles. The van der Waals surface area contributed by atoms with Crippen LogP contribution in [0.4, 0.5) is 0 Å². The normalized spacial score (nSPS) is 10.7. The van der Waals surface area contributed by atoms with Gasteiger partial charge in [0, 0.05) is 10.9 Å². The summed E-state index contributed by atoms with van der Waals surface area (Å²) in [6.07, 6.45) is 0. The third-order valence-corrected chi connectivity index (χ3v) is 3.86. The number of benzene rings is 3. The van der Waals surface area contributed by atoms with Gasteiger partial charge >= 0.3 is 0 Å². The summed E-state index contributed by atoms with van der Waals surface area (Å²) < 4.78 is 0. The Labute approximate surface area is 129 Å². The molecule has 0 fully saturated rings. The van der Waals surface area contributed by atoms with Gasteiger partial charge in [-0.05, 0) is 29.3 Å². The van der Waals surface area contributed by atoms with Gasteiger partial charge in [-0.1, -0.05) is 72.8 Å². The van der Waals surface area contributed by atoms with Crippen LogP contribution in [0.25, 0.3) is 33.3 Å². The molecule has 4 aromatic rings. The van der Waals surface area contributed by atoms with Gasteiger partial charge < -0.3 is 0 Å². The maximum absolute atomic E-state index is 4.78. The average molecular weight is 281 g/mol. The van der Waals surface area contributed by atoms with Crippen LogP contribution in [0.1, 0.15) is 0 Å². The van der Waals surface area contributed by atoms with E-state index in [-0.39, 0.29) is 0 Å². The van der Waals surface area contributed by atoms with Crippen molar-refractivity contribution in [2.45, 2.75) is 0 Å². The summed E-state index contributed by atoms with van der Waals surface area (Å²) >= 11 is 0. The molecule has 1 nitrogen and oxygen atoms in total. The van der Waals surface area contributed by atoms with Gasteiger partial charge in [0.05, 0.1) is 11.2 Å². The third kappa shape index (κ3) is 2.38. The van der Waals surface area contributed by atoms with E-state index in [2.05, 4.69) is 72.8 Å². The Kier molecular flexibility index (Phi) is 3.17. The molecule has 0 bridgehead atoms. The largest absolute Gasteiger partial charge is 0.248 e. The molecule has 104 valence electrons. The molecule has 0 amide bonds. The lowest BCUT2D eigenvalue weighted by Crippen LogP contribution is -1.86. The molecule has 1 heterocycles. The standard InChI is InChI=1S/C21H15N/c1-2-7-16(8-3-1)18-10-6-11-19(15-18)21-14-13-17-9-4-5-12-20(17)22-21/h1-15H. The highest BCUT2D eigenvalue weighted by Crippen LogP contribution is 2.26. The van der Waals surface area contributed by atoms with Gasteiger partial charge in [-0.2, -0.15) is 0 Å². The molecule has 22 heavy (non-hydrogen) atoms. The van der Waals surface area contributed by atoms with Crippen LogP contribution in [0.2, 0.25) is 0 Å². The first-order chi connectivity index (χ1) is 10.9. The van der Waals surface area contributed by atoms with Crippen molar-refractivity contribution in [3.8, 4) is 22.4 Å². The molecule has 0 saturated heterocycles. The Morgan fingerprint density at radius 1 is 0.500 bits per heavy atom. The van der Waals surface area contributed by atoms with Gasteiger partial charge in [0.1, 0.15) is 0 Å². The van der Waals surface area contributed by atoms with Gasteiger partial charge in [-0.15, -0.1) is 0 Å². The highest BCUT2D eigenvalue weighted by molar-refractivity contribution is 5.82. The maximum Gasteiger partial charge on any atom is 0.0709 e. The molecular weight excluding hydrogens is 266 g/mol. The molecule has 0 spiro atoms. The number of para-hydroxylation sites is 1. The smallest absolute Gasteiger partial charge is 0.0709 e. The second-order valence-corrected chi connectivity index (χ2v) is 5.34. The number of nitrogens with zero attached hydrogens (tertiary/aromatic N) is 1. The van der Waals surface area contributed by atoms with Crippen molar-refractivity contribution in [3.63, 3.8) is 0 Å². The minimum atomic E-state index is 1.01. The minimum Gasteiger partial charge on any atom is -0.248 e. The summed E-state index contributed by atoms with van der Waals surface area (Å²) in [7, 11) is 0. The van der Waals surface area contributed by atoms with E-state index >= 15 is 0 Å². The second kappa shape index (κ2) is 5.45. The van der Waals surface area contributed by atoms with E-state index in [4.69, 9.17) is 4.98 Å². The number of hydrogen-bond acceptors (Lipinski definition) is 1. The highest BCUT2D eigenvalue weighted by Gasteiger charge is 2.03. The zero-order valence-corrected chi connectivity index (χ0v) is 12.1. The fraction of sp³-hybridized carbons (Fsp3) is 0. The Balaban J connectivity index is 1.81. The van der Waals surface area contributed by atoms with Gasteiger partial charge in [0.15, 0.2) is 0 Å². The van der Waals surface area contributed by atoms with Crippen LogP contribution in [-0.2, 0) is 0 Å². The lowest BCUT2D eigenvalue weighted by atomic mass is 10.0. The first-order valence-electron chi connectivity index (χ1n) is 7.42. The van der Waals surface area contributed by atoms with Crippen molar-refractivity contribution in [3.05, 3.63) is 91.0 Å². The molecule has 0 aliphatic heterocycles. The summed E-state index contributed by atoms with van der Waals surface area (Å²) in [5.41, 5.74) is 5.63. The Morgan fingerprint density at radius 3 is 2.14 bits per heavy atom.